The summed E-state index contributed by atoms with van der Waals surface area (Å²) in [6, 6.07) is 10.8. The fraction of sp³-hybridized carbons (Fsp3) is 0.125. The minimum atomic E-state index is -4.62. The third-order valence-electron chi connectivity index (χ3n) is 2.85. The van der Waals surface area contributed by atoms with E-state index in [0.717, 1.165) is 17.7 Å². The van der Waals surface area contributed by atoms with Crippen LogP contribution in [0.3, 0.4) is 0 Å². The Hall–Kier alpha value is -2.88. The van der Waals surface area contributed by atoms with Crippen molar-refractivity contribution in [2.75, 3.05) is 6.61 Å². The van der Waals surface area contributed by atoms with Crippen LogP contribution in [0.1, 0.15) is 16.1 Å². The van der Waals surface area contributed by atoms with E-state index in [1.807, 2.05) is 0 Å². The Bertz CT molecular complexity index is 897. The number of benzene rings is 1. The summed E-state index contributed by atoms with van der Waals surface area (Å²) < 4.78 is 66.9. The minimum absolute atomic E-state index is 0.482. The molecular formula is C16H13F3N2O4S. The van der Waals surface area contributed by atoms with Gasteiger partial charge in [-0.05, 0) is 23.8 Å². The molecule has 1 amide bonds. The number of hydrogen-bond acceptors (Lipinski definition) is 5. The second-order valence-corrected chi connectivity index (χ2v) is 6.51. The number of sulfonamides is 1. The Morgan fingerprint density at radius 1 is 1.15 bits per heavy atom. The number of rotatable bonds is 6. The SMILES string of the molecule is O=C(NS(=O)(=O)C=Cc1ccccc1)c1ncccc1OCC(F)(F)F. The Balaban J connectivity index is 2.13. The van der Waals surface area contributed by atoms with E-state index in [0.29, 0.717) is 5.56 Å². The summed E-state index contributed by atoms with van der Waals surface area (Å²) in [5.74, 6) is -1.69. The van der Waals surface area contributed by atoms with Crippen LogP contribution in [0.15, 0.2) is 54.1 Å². The van der Waals surface area contributed by atoms with E-state index in [4.69, 9.17) is 0 Å². The van der Waals surface area contributed by atoms with Gasteiger partial charge in [0.25, 0.3) is 15.9 Å². The van der Waals surface area contributed by atoms with E-state index in [2.05, 4.69) is 9.72 Å². The highest BCUT2D eigenvalue weighted by Gasteiger charge is 2.29. The topological polar surface area (TPSA) is 85.4 Å². The molecule has 2 rings (SSSR count). The molecule has 0 aliphatic carbocycles. The van der Waals surface area contributed by atoms with Gasteiger partial charge in [0, 0.05) is 6.20 Å². The predicted molar refractivity (Wildman–Crippen MR) is 87.6 cm³/mol. The maximum absolute atomic E-state index is 12.3. The van der Waals surface area contributed by atoms with Gasteiger partial charge in [0.15, 0.2) is 18.1 Å². The molecule has 1 aromatic heterocycles. The van der Waals surface area contributed by atoms with Crippen molar-refractivity contribution in [2.45, 2.75) is 6.18 Å². The lowest BCUT2D eigenvalue weighted by Crippen LogP contribution is -2.30. The molecule has 0 unspecified atom stereocenters. The Labute approximate surface area is 147 Å². The van der Waals surface area contributed by atoms with Gasteiger partial charge in [0.2, 0.25) is 0 Å². The number of nitrogens with one attached hydrogen (secondary N) is 1. The number of ether oxygens (including phenoxy) is 1. The normalized spacial score (nSPS) is 12.1. The number of amides is 1. The molecule has 0 aliphatic rings. The first-order valence-corrected chi connectivity index (χ1v) is 8.66. The van der Waals surface area contributed by atoms with Crippen LogP contribution in [-0.2, 0) is 10.0 Å². The summed E-state index contributed by atoms with van der Waals surface area (Å²) in [6.07, 6.45) is -2.23. The number of pyridine rings is 1. The third kappa shape index (κ3) is 6.20. The van der Waals surface area contributed by atoms with E-state index >= 15 is 0 Å². The zero-order valence-corrected chi connectivity index (χ0v) is 13.9. The van der Waals surface area contributed by atoms with Crippen LogP contribution in [0.5, 0.6) is 5.75 Å². The lowest BCUT2D eigenvalue weighted by Gasteiger charge is -2.11. The van der Waals surface area contributed by atoms with Crippen LogP contribution in [-0.4, -0.2) is 32.1 Å². The summed E-state index contributed by atoms with van der Waals surface area (Å²) in [6.45, 7) is -1.64. The lowest BCUT2D eigenvalue weighted by molar-refractivity contribution is -0.153. The van der Waals surface area contributed by atoms with E-state index in [9.17, 15) is 26.4 Å². The molecule has 6 nitrogen and oxygen atoms in total. The van der Waals surface area contributed by atoms with Crippen LogP contribution in [0.2, 0.25) is 0 Å². The summed E-state index contributed by atoms with van der Waals surface area (Å²) in [4.78, 5) is 15.7. The molecule has 10 heteroatoms. The average molecular weight is 386 g/mol. The summed E-state index contributed by atoms with van der Waals surface area (Å²) in [7, 11) is -4.19. The van der Waals surface area contributed by atoms with Crippen molar-refractivity contribution in [3.63, 3.8) is 0 Å². The van der Waals surface area contributed by atoms with E-state index < -0.39 is 40.2 Å². The van der Waals surface area contributed by atoms with Crippen LogP contribution in [0, 0.1) is 0 Å². The van der Waals surface area contributed by atoms with Gasteiger partial charge >= 0.3 is 6.18 Å². The first kappa shape index (κ1) is 19.4. The molecule has 0 saturated heterocycles. The molecule has 138 valence electrons. The van der Waals surface area contributed by atoms with Crippen molar-refractivity contribution in [3.05, 3.63) is 65.3 Å². The molecule has 0 aliphatic heterocycles. The molecule has 1 aromatic carbocycles. The largest absolute Gasteiger partial charge is 0.482 e. The van der Waals surface area contributed by atoms with Crippen LogP contribution < -0.4 is 9.46 Å². The van der Waals surface area contributed by atoms with Gasteiger partial charge in [-0.2, -0.15) is 13.2 Å². The maximum atomic E-state index is 12.3. The zero-order chi connectivity index (χ0) is 19.2. The van der Waals surface area contributed by atoms with E-state index in [1.54, 1.807) is 35.1 Å². The number of halogens is 3. The number of carbonyl (C=O) groups excluding carboxylic acids is 1. The zero-order valence-electron chi connectivity index (χ0n) is 13.1. The molecule has 2 aromatic rings. The Morgan fingerprint density at radius 3 is 2.50 bits per heavy atom. The van der Waals surface area contributed by atoms with Crippen molar-refractivity contribution in [2.24, 2.45) is 0 Å². The third-order valence-corrected chi connectivity index (χ3v) is 3.82. The Morgan fingerprint density at radius 2 is 1.85 bits per heavy atom. The molecule has 0 spiro atoms. The fourth-order valence-electron chi connectivity index (χ4n) is 1.78. The number of aromatic nitrogens is 1. The van der Waals surface area contributed by atoms with Crippen LogP contribution >= 0.6 is 0 Å². The molecule has 26 heavy (non-hydrogen) atoms. The highest BCUT2D eigenvalue weighted by molar-refractivity contribution is 7.93. The standard InChI is InChI=1S/C16H13F3N2O4S/c17-16(18,19)11-25-13-7-4-9-20-14(13)15(22)21-26(23,24)10-8-12-5-2-1-3-6-12/h1-10H,11H2,(H,21,22). The van der Waals surface area contributed by atoms with Gasteiger partial charge in [0.05, 0.1) is 5.41 Å². The lowest BCUT2D eigenvalue weighted by atomic mass is 10.2. The number of hydrogen-bond donors (Lipinski definition) is 1. The van der Waals surface area contributed by atoms with Gasteiger partial charge in [-0.15, -0.1) is 0 Å². The summed E-state index contributed by atoms with van der Waals surface area (Å²) in [5, 5.41) is 0.763. The van der Waals surface area contributed by atoms with Crippen molar-refractivity contribution < 1.29 is 31.1 Å². The molecule has 0 bridgehead atoms. The summed E-state index contributed by atoms with van der Waals surface area (Å²) in [5.41, 5.74) is 0.00537. The highest BCUT2D eigenvalue weighted by atomic mass is 32.2. The quantitative estimate of drug-likeness (QED) is 0.825. The molecule has 0 saturated carbocycles. The van der Waals surface area contributed by atoms with Gasteiger partial charge in [-0.25, -0.2) is 18.1 Å². The van der Waals surface area contributed by atoms with Gasteiger partial charge in [0.1, 0.15) is 0 Å². The summed E-state index contributed by atoms with van der Waals surface area (Å²) >= 11 is 0. The smallest absolute Gasteiger partial charge is 0.422 e. The average Bonchev–Trinajstić information content (AvgIpc) is 2.58. The number of carbonyl (C=O) groups is 1. The van der Waals surface area contributed by atoms with Crippen LogP contribution in [0.25, 0.3) is 6.08 Å². The van der Waals surface area contributed by atoms with E-state index in [1.165, 1.54) is 12.1 Å². The minimum Gasteiger partial charge on any atom is -0.482 e. The van der Waals surface area contributed by atoms with Crippen molar-refractivity contribution in [3.8, 4) is 5.75 Å². The monoisotopic (exact) mass is 386 g/mol. The van der Waals surface area contributed by atoms with Crippen molar-refractivity contribution >= 4 is 22.0 Å². The van der Waals surface area contributed by atoms with Crippen LogP contribution in [0.4, 0.5) is 13.2 Å². The second kappa shape index (κ2) is 8.00. The highest BCUT2D eigenvalue weighted by Crippen LogP contribution is 2.20. The molecular weight excluding hydrogens is 373 g/mol. The molecule has 0 atom stereocenters. The molecule has 1 heterocycles. The van der Waals surface area contributed by atoms with Gasteiger partial charge in [-0.1, -0.05) is 30.3 Å². The molecule has 0 radical (unpaired) electrons. The number of nitrogens with zero attached hydrogens (tertiary/aromatic N) is 1. The van der Waals surface area contributed by atoms with Gasteiger partial charge < -0.3 is 4.74 Å². The first-order chi connectivity index (χ1) is 12.2. The van der Waals surface area contributed by atoms with Crippen molar-refractivity contribution in [1.82, 2.24) is 9.71 Å². The predicted octanol–water partition coefficient (Wildman–Crippen LogP) is 2.75. The fourth-order valence-corrected chi connectivity index (χ4v) is 2.54. The number of alkyl halides is 3. The first-order valence-electron chi connectivity index (χ1n) is 7.11. The maximum Gasteiger partial charge on any atom is 0.422 e. The van der Waals surface area contributed by atoms with Crippen molar-refractivity contribution in [1.29, 1.82) is 0 Å². The van der Waals surface area contributed by atoms with Gasteiger partial charge in [-0.3, -0.25) is 4.79 Å². The second-order valence-electron chi connectivity index (χ2n) is 4.94. The molecule has 0 fully saturated rings. The van der Waals surface area contributed by atoms with E-state index in [-0.39, 0.29) is 0 Å². The molecule has 1 N–H and O–H groups in total. The Kier molecular flexibility index (Phi) is 5.98.